The lowest BCUT2D eigenvalue weighted by molar-refractivity contribution is -0.154. The van der Waals surface area contributed by atoms with Gasteiger partial charge in [-0.15, -0.1) is 0 Å². The molecule has 1 unspecified atom stereocenters. The van der Waals surface area contributed by atoms with E-state index in [4.69, 9.17) is 20.9 Å². The fourth-order valence-electron chi connectivity index (χ4n) is 3.56. The Morgan fingerprint density at radius 1 is 1.17 bits per heavy atom. The molecule has 0 N–H and O–H groups in total. The lowest BCUT2D eigenvalue weighted by Gasteiger charge is -2.35. The third kappa shape index (κ3) is 4.21. The first-order valence-electron chi connectivity index (χ1n) is 9.58. The van der Waals surface area contributed by atoms with Crippen LogP contribution < -0.4 is 0 Å². The van der Waals surface area contributed by atoms with E-state index in [0.717, 1.165) is 16.7 Å². The smallest absolute Gasteiger partial charge is 0.328 e. The largest absolute Gasteiger partial charge is 0.467 e. The van der Waals surface area contributed by atoms with Gasteiger partial charge in [0.05, 0.1) is 7.11 Å². The van der Waals surface area contributed by atoms with Gasteiger partial charge in [0, 0.05) is 36.4 Å². The van der Waals surface area contributed by atoms with Crippen LogP contribution in [0.4, 0.5) is 0 Å². The molecule has 1 atom stereocenters. The van der Waals surface area contributed by atoms with Crippen molar-refractivity contribution in [2.75, 3.05) is 7.11 Å². The zero-order valence-corrected chi connectivity index (χ0v) is 17.1. The van der Waals surface area contributed by atoms with Gasteiger partial charge in [0.25, 0.3) is 0 Å². The molecule has 1 aromatic heterocycles. The molecule has 0 saturated carbocycles. The number of fused-ring (bicyclic) bond motifs is 1. The van der Waals surface area contributed by atoms with Gasteiger partial charge in [-0.3, -0.25) is 4.79 Å². The number of esters is 1. The van der Waals surface area contributed by atoms with Crippen LogP contribution in [0.15, 0.2) is 53.1 Å². The van der Waals surface area contributed by atoms with Gasteiger partial charge in [-0.05, 0) is 35.4 Å². The molecule has 0 aliphatic carbocycles. The maximum atomic E-state index is 12.9. The summed E-state index contributed by atoms with van der Waals surface area (Å²) in [5.41, 5.74) is 2.87. The second-order valence-electron chi connectivity index (χ2n) is 7.05. The van der Waals surface area contributed by atoms with E-state index in [9.17, 15) is 9.59 Å². The van der Waals surface area contributed by atoms with Crippen molar-refractivity contribution in [1.29, 1.82) is 0 Å². The fourth-order valence-corrected chi connectivity index (χ4v) is 3.69. The fraction of sp³-hybridized carbons (Fsp3) is 0.273. The number of hydrogen-bond donors (Lipinski definition) is 0. The average Bonchev–Trinajstić information content (AvgIpc) is 3.25. The maximum Gasteiger partial charge on any atom is 0.328 e. The van der Waals surface area contributed by atoms with E-state index in [2.05, 4.69) is 10.1 Å². The van der Waals surface area contributed by atoms with Crippen LogP contribution in [0.5, 0.6) is 0 Å². The van der Waals surface area contributed by atoms with E-state index < -0.39 is 12.0 Å². The van der Waals surface area contributed by atoms with Crippen molar-refractivity contribution in [3.05, 3.63) is 70.6 Å². The van der Waals surface area contributed by atoms with E-state index in [0.29, 0.717) is 29.7 Å². The summed E-state index contributed by atoms with van der Waals surface area (Å²) < 4.78 is 10.2. The molecule has 154 valence electrons. The summed E-state index contributed by atoms with van der Waals surface area (Å²) in [6, 6.07) is 14.3. The molecule has 1 aliphatic heterocycles. The first kappa shape index (κ1) is 20.1. The van der Waals surface area contributed by atoms with E-state index >= 15 is 0 Å². The molecule has 0 radical (unpaired) electrons. The number of carbonyl (C=O) groups is 2. The first-order valence-corrected chi connectivity index (χ1v) is 9.95. The van der Waals surface area contributed by atoms with Gasteiger partial charge in [-0.25, -0.2) is 4.79 Å². The SMILES string of the molecule is COC(=O)C1Cc2ccccc2CN1C(=O)CCc1nc(-c2ccc(Cl)cc2)no1. The Morgan fingerprint density at radius 2 is 1.90 bits per heavy atom. The first-order chi connectivity index (χ1) is 14.5. The van der Waals surface area contributed by atoms with E-state index in [1.165, 1.54) is 7.11 Å². The third-order valence-electron chi connectivity index (χ3n) is 5.17. The summed E-state index contributed by atoms with van der Waals surface area (Å²) in [5, 5.41) is 4.59. The maximum absolute atomic E-state index is 12.9. The molecule has 1 aliphatic rings. The quantitative estimate of drug-likeness (QED) is 0.582. The molecular formula is C22H20ClN3O4. The van der Waals surface area contributed by atoms with Gasteiger partial charge in [0.2, 0.25) is 17.6 Å². The Balaban J connectivity index is 1.45. The number of benzene rings is 2. The summed E-state index contributed by atoms with van der Waals surface area (Å²) in [5.74, 6) is 0.223. The highest BCUT2D eigenvalue weighted by Crippen LogP contribution is 2.25. The molecule has 30 heavy (non-hydrogen) atoms. The Bertz CT molecular complexity index is 1060. The minimum absolute atomic E-state index is 0.151. The number of aryl methyl sites for hydroxylation is 1. The second-order valence-corrected chi connectivity index (χ2v) is 7.49. The van der Waals surface area contributed by atoms with Crippen LogP contribution in [0.3, 0.4) is 0 Å². The average molecular weight is 426 g/mol. The van der Waals surface area contributed by atoms with Gasteiger partial charge >= 0.3 is 5.97 Å². The Kier molecular flexibility index (Phi) is 5.81. The molecule has 0 bridgehead atoms. The van der Waals surface area contributed by atoms with Crippen LogP contribution in [-0.2, 0) is 33.7 Å². The molecule has 2 aromatic carbocycles. The molecule has 0 fully saturated rings. The van der Waals surface area contributed by atoms with Gasteiger partial charge in [-0.1, -0.05) is 41.0 Å². The normalized spacial score (nSPS) is 15.5. The van der Waals surface area contributed by atoms with Crippen LogP contribution in [0.2, 0.25) is 5.02 Å². The summed E-state index contributed by atoms with van der Waals surface area (Å²) >= 11 is 5.90. The van der Waals surface area contributed by atoms with E-state index in [-0.39, 0.29) is 18.7 Å². The highest BCUT2D eigenvalue weighted by atomic mass is 35.5. The van der Waals surface area contributed by atoms with E-state index in [1.54, 1.807) is 29.2 Å². The zero-order valence-electron chi connectivity index (χ0n) is 16.4. The van der Waals surface area contributed by atoms with Crippen molar-refractivity contribution in [1.82, 2.24) is 15.0 Å². The molecule has 2 heterocycles. The predicted octanol–water partition coefficient (Wildman–Crippen LogP) is 3.45. The number of methoxy groups -OCH3 is 1. The van der Waals surface area contributed by atoms with Gasteiger partial charge in [-0.2, -0.15) is 4.98 Å². The number of amides is 1. The minimum Gasteiger partial charge on any atom is -0.467 e. The summed E-state index contributed by atoms with van der Waals surface area (Å²) in [6.07, 6.45) is 0.874. The predicted molar refractivity (Wildman–Crippen MR) is 110 cm³/mol. The number of rotatable bonds is 5. The number of nitrogens with zero attached hydrogens (tertiary/aromatic N) is 3. The molecule has 7 nitrogen and oxygen atoms in total. The minimum atomic E-state index is -0.635. The monoisotopic (exact) mass is 425 g/mol. The Morgan fingerprint density at radius 3 is 2.63 bits per heavy atom. The van der Waals surface area contributed by atoms with Crippen LogP contribution in [0, 0.1) is 0 Å². The standard InChI is InChI=1S/C22H20ClN3O4/c1-29-22(28)18-12-15-4-2-3-5-16(15)13-26(18)20(27)11-10-19-24-21(25-30-19)14-6-8-17(23)9-7-14/h2-9,18H,10-13H2,1H3. The third-order valence-corrected chi connectivity index (χ3v) is 5.42. The lowest BCUT2D eigenvalue weighted by atomic mass is 9.93. The van der Waals surface area contributed by atoms with Crippen molar-refractivity contribution in [3.63, 3.8) is 0 Å². The van der Waals surface area contributed by atoms with Crippen molar-refractivity contribution in [2.45, 2.75) is 31.8 Å². The van der Waals surface area contributed by atoms with Crippen molar-refractivity contribution in [2.24, 2.45) is 0 Å². The molecule has 4 rings (SSSR count). The Hall–Kier alpha value is -3.19. The highest BCUT2D eigenvalue weighted by molar-refractivity contribution is 6.30. The van der Waals surface area contributed by atoms with E-state index in [1.807, 2.05) is 24.3 Å². The number of aromatic nitrogens is 2. The lowest BCUT2D eigenvalue weighted by Crippen LogP contribution is -2.49. The van der Waals surface area contributed by atoms with Crippen molar-refractivity contribution in [3.8, 4) is 11.4 Å². The van der Waals surface area contributed by atoms with Crippen LogP contribution in [0.25, 0.3) is 11.4 Å². The van der Waals surface area contributed by atoms with Crippen LogP contribution in [0.1, 0.15) is 23.4 Å². The molecular weight excluding hydrogens is 406 g/mol. The van der Waals surface area contributed by atoms with Gasteiger partial charge < -0.3 is 14.2 Å². The topological polar surface area (TPSA) is 85.5 Å². The molecule has 0 saturated heterocycles. The van der Waals surface area contributed by atoms with Crippen LogP contribution in [-0.4, -0.2) is 40.1 Å². The molecule has 1 amide bonds. The summed E-state index contributed by atoms with van der Waals surface area (Å²) in [7, 11) is 1.34. The van der Waals surface area contributed by atoms with Crippen molar-refractivity contribution >= 4 is 23.5 Å². The summed E-state index contributed by atoms with van der Waals surface area (Å²) in [4.78, 5) is 31.1. The van der Waals surface area contributed by atoms with Crippen molar-refractivity contribution < 1.29 is 18.8 Å². The molecule has 0 spiro atoms. The highest BCUT2D eigenvalue weighted by Gasteiger charge is 2.35. The number of carbonyl (C=O) groups excluding carboxylic acids is 2. The van der Waals surface area contributed by atoms with Crippen LogP contribution >= 0.6 is 11.6 Å². The van der Waals surface area contributed by atoms with Gasteiger partial charge in [0.15, 0.2) is 0 Å². The Labute approximate surface area is 178 Å². The number of halogens is 1. The number of ether oxygens (including phenoxy) is 1. The summed E-state index contributed by atoms with van der Waals surface area (Å²) in [6.45, 7) is 0.370. The zero-order chi connectivity index (χ0) is 21.1. The molecule has 3 aromatic rings. The molecule has 8 heteroatoms. The second kappa shape index (κ2) is 8.67. The number of hydrogen-bond acceptors (Lipinski definition) is 6. The van der Waals surface area contributed by atoms with Gasteiger partial charge in [0.1, 0.15) is 6.04 Å².